The van der Waals surface area contributed by atoms with Crippen molar-refractivity contribution < 1.29 is 31.2 Å². The predicted molar refractivity (Wildman–Crippen MR) is 128 cm³/mol. The maximum Gasteiger partial charge on any atom is 0.259 e. The van der Waals surface area contributed by atoms with Gasteiger partial charge in [0.1, 0.15) is 5.82 Å². The molecule has 3 aromatic carbocycles. The number of rotatable bonds is 7. The summed E-state index contributed by atoms with van der Waals surface area (Å²) in [5.41, 5.74) is 6.91. The largest absolute Gasteiger partial charge is 0.349 e. The van der Waals surface area contributed by atoms with E-state index in [1.165, 1.54) is 0 Å². The van der Waals surface area contributed by atoms with Gasteiger partial charge in [-0.15, -0.1) is 0 Å². The molecule has 1 saturated heterocycles. The fraction of sp³-hybridized carbons (Fsp3) is 0.200. The summed E-state index contributed by atoms with van der Waals surface area (Å²) >= 11 is 0. The summed E-state index contributed by atoms with van der Waals surface area (Å²) in [6.45, 7) is -0.152. The van der Waals surface area contributed by atoms with Crippen molar-refractivity contribution in [3.63, 3.8) is 0 Å². The zero-order valence-electron chi connectivity index (χ0n) is 19.4. The lowest BCUT2D eigenvalue weighted by Crippen LogP contribution is -2.53. The first-order valence-electron chi connectivity index (χ1n) is 11.2. The van der Waals surface area contributed by atoms with E-state index in [1.54, 1.807) is 18.2 Å². The maximum atomic E-state index is 13.8. The Bertz CT molecular complexity index is 1430. The highest BCUT2D eigenvalue weighted by Gasteiger charge is 2.46. The van der Waals surface area contributed by atoms with Gasteiger partial charge in [-0.2, -0.15) is 4.31 Å². The Balaban J connectivity index is 1.66. The van der Waals surface area contributed by atoms with Gasteiger partial charge in [0.25, 0.3) is 11.8 Å². The Morgan fingerprint density at radius 3 is 2.30 bits per heavy atom. The molecule has 0 aliphatic carbocycles. The quantitative estimate of drug-likeness (QED) is 0.485. The molecular weight excluding hydrogens is 509 g/mol. The summed E-state index contributed by atoms with van der Waals surface area (Å²) in [7, 11) is -4.35. The van der Waals surface area contributed by atoms with Crippen LogP contribution in [-0.2, 0) is 27.9 Å². The zero-order chi connectivity index (χ0) is 26.7. The van der Waals surface area contributed by atoms with Crippen LogP contribution in [0.4, 0.5) is 13.2 Å². The number of benzene rings is 3. The Morgan fingerprint density at radius 1 is 0.919 bits per heavy atom. The fourth-order valence-corrected chi connectivity index (χ4v) is 5.57. The van der Waals surface area contributed by atoms with Crippen molar-refractivity contribution in [2.45, 2.75) is 24.2 Å². The van der Waals surface area contributed by atoms with Crippen LogP contribution in [0.3, 0.4) is 0 Å². The molecule has 0 bridgehead atoms. The van der Waals surface area contributed by atoms with Crippen molar-refractivity contribution in [3.05, 3.63) is 101 Å². The first-order chi connectivity index (χ1) is 17.6. The number of hydrogen-bond donors (Lipinski definition) is 2. The van der Waals surface area contributed by atoms with Crippen molar-refractivity contribution in [1.29, 1.82) is 0 Å². The maximum absolute atomic E-state index is 13.8. The molecule has 1 aliphatic rings. The van der Waals surface area contributed by atoms with Crippen molar-refractivity contribution >= 4 is 21.8 Å². The van der Waals surface area contributed by atoms with Gasteiger partial charge in [0.05, 0.1) is 4.90 Å². The van der Waals surface area contributed by atoms with Gasteiger partial charge < -0.3 is 16.0 Å². The second-order valence-electron chi connectivity index (χ2n) is 8.31. The van der Waals surface area contributed by atoms with E-state index in [4.69, 9.17) is 5.73 Å². The van der Waals surface area contributed by atoms with Crippen LogP contribution < -0.4 is 11.1 Å². The Labute approximate surface area is 211 Å². The minimum atomic E-state index is -4.35. The Hall–Kier alpha value is -3.74. The van der Waals surface area contributed by atoms with Crippen LogP contribution >= 0.6 is 0 Å². The van der Waals surface area contributed by atoms with Gasteiger partial charge in [-0.3, -0.25) is 9.59 Å². The number of halogens is 3. The van der Waals surface area contributed by atoms with Gasteiger partial charge >= 0.3 is 0 Å². The van der Waals surface area contributed by atoms with Crippen molar-refractivity contribution in [1.82, 2.24) is 14.5 Å². The van der Waals surface area contributed by atoms with Gasteiger partial charge in [-0.25, -0.2) is 21.6 Å². The summed E-state index contributed by atoms with van der Waals surface area (Å²) in [6, 6.07) is 13.6. The van der Waals surface area contributed by atoms with Gasteiger partial charge in [0.15, 0.2) is 17.8 Å². The molecule has 2 amide bonds. The topological polar surface area (TPSA) is 113 Å². The number of nitrogens with two attached hydrogens (primary N) is 1. The van der Waals surface area contributed by atoms with Gasteiger partial charge in [0.2, 0.25) is 10.0 Å². The van der Waals surface area contributed by atoms with Crippen LogP contribution in [0.25, 0.3) is 0 Å². The second kappa shape index (κ2) is 10.7. The van der Waals surface area contributed by atoms with E-state index < -0.39 is 45.5 Å². The predicted octanol–water partition coefficient (Wildman–Crippen LogP) is 2.35. The summed E-state index contributed by atoms with van der Waals surface area (Å²) in [6.07, 6.45) is -1.63. The zero-order valence-corrected chi connectivity index (χ0v) is 20.2. The number of nitrogens with zero attached hydrogens (tertiary/aromatic N) is 2. The van der Waals surface area contributed by atoms with Gasteiger partial charge in [-0.1, -0.05) is 24.3 Å². The number of nitrogens with one attached hydrogen (secondary N) is 1. The summed E-state index contributed by atoms with van der Waals surface area (Å²) < 4.78 is 68.2. The molecule has 12 heteroatoms. The molecule has 1 heterocycles. The average Bonchev–Trinajstić information content (AvgIpc) is 3.35. The van der Waals surface area contributed by atoms with Crippen molar-refractivity contribution in [2.75, 3.05) is 13.1 Å². The van der Waals surface area contributed by atoms with E-state index in [1.807, 2.05) is 6.07 Å². The lowest BCUT2D eigenvalue weighted by Gasteiger charge is -2.29. The molecule has 1 atom stereocenters. The van der Waals surface area contributed by atoms with Crippen LogP contribution in [0.1, 0.15) is 21.5 Å². The number of amides is 2. The molecule has 0 aromatic heterocycles. The number of carbonyl (C=O) groups is 2. The molecule has 1 fully saturated rings. The third-order valence-corrected chi connectivity index (χ3v) is 7.77. The first kappa shape index (κ1) is 26.3. The monoisotopic (exact) mass is 532 g/mol. The van der Waals surface area contributed by atoms with E-state index in [-0.39, 0.29) is 36.6 Å². The molecular formula is C25H23F3N4O4S. The Morgan fingerprint density at radius 2 is 1.62 bits per heavy atom. The summed E-state index contributed by atoms with van der Waals surface area (Å²) in [5, 5.41) is 2.64. The molecule has 3 aromatic rings. The number of sulfonamides is 1. The number of carbonyl (C=O) groups excluding carboxylic acids is 2. The minimum Gasteiger partial charge on any atom is -0.349 e. The van der Waals surface area contributed by atoms with E-state index in [0.29, 0.717) is 11.6 Å². The summed E-state index contributed by atoms with van der Waals surface area (Å²) in [5.74, 6) is -4.74. The highest BCUT2D eigenvalue weighted by molar-refractivity contribution is 7.89. The molecule has 4 rings (SSSR count). The molecule has 0 spiro atoms. The van der Waals surface area contributed by atoms with E-state index in [0.717, 1.165) is 51.2 Å². The third kappa shape index (κ3) is 5.50. The number of hydrogen-bond acceptors (Lipinski definition) is 5. The van der Waals surface area contributed by atoms with E-state index in [9.17, 15) is 31.2 Å². The highest BCUT2D eigenvalue weighted by Crippen LogP contribution is 2.27. The van der Waals surface area contributed by atoms with Crippen LogP contribution in [0.5, 0.6) is 0 Å². The first-order valence-corrected chi connectivity index (χ1v) is 12.6. The molecule has 194 valence electrons. The van der Waals surface area contributed by atoms with E-state index in [2.05, 4.69) is 5.32 Å². The second-order valence-corrected chi connectivity index (χ2v) is 10.2. The SMILES string of the molecule is NCc1cccc(CNC(=O)C2N(C(=O)c3ccc(F)c(F)c3)CCN2S(=O)(=O)c2ccc(F)cc2)c1. The standard InChI is InChI=1S/C25H23F3N4O4S/c26-19-5-7-20(8-6-19)37(35,36)32-11-10-31(25(34)18-4-9-21(27)22(28)13-18)24(32)23(33)30-15-17-3-1-2-16(12-17)14-29/h1-9,12-13,24H,10-11,14-15,29H2,(H,30,33). The average molecular weight is 533 g/mol. The molecule has 3 N–H and O–H groups in total. The lowest BCUT2D eigenvalue weighted by molar-refractivity contribution is -0.127. The van der Waals surface area contributed by atoms with E-state index >= 15 is 0 Å². The van der Waals surface area contributed by atoms with Gasteiger partial charge in [0, 0.05) is 31.7 Å². The molecule has 8 nitrogen and oxygen atoms in total. The minimum absolute atomic E-state index is 0.0147. The molecule has 0 saturated carbocycles. The highest BCUT2D eigenvalue weighted by atomic mass is 32.2. The molecule has 37 heavy (non-hydrogen) atoms. The molecule has 0 radical (unpaired) electrons. The summed E-state index contributed by atoms with van der Waals surface area (Å²) in [4.78, 5) is 27.3. The lowest BCUT2D eigenvalue weighted by atomic mass is 10.1. The smallest absolute Gasteiger partial charge is 0.259 e. The van der Waals surface area contributed by atoms with Crippen LogP contribution in [0, 0.1) is 17.5 Å². The van der Waals surface area contributed by atoms with Crippen LogP contribution in [0.15, 0.2) is 71.6 Å². The third-order valence-electron chi connectivity index (χ3n) is 5.91. The van der Waals surface area contributed by atoms with Crippen molar-refractivity contribution in [3.8, 4) is 0 Å². The molecule has 1 unspecified atom stereocenters. The normalized spacial score (nSPS) is 16.1. The molecule has 1 aliphatic heterocycles. The van der Waals surface area contributed by atoms with Gasteiger partial charge in [-0.05, 0) is 53.6 Å². The van der Waals surface area contributed by atoms with Crippen molar-refractivity contribution in [2.24, 2.45) is 5.73 Å². The van der Waals surface area contributed by atoms with Crippen LogP contribution in [-0.4, -0.2) is 48.7 Å². The fourth-order valence-electron chi connectivity index (χ4n) is 4.03. The van der Waals surface area contributed by atoms with Crippen LogP contribution in [0.2, 0.25) is 0 Å². The Kier molecular flexibility index (Phi) is 7.62.